The molecule has 2 atom stereocenters. The second-order valence-electron chi connectivity index (χ2n) is 6.18. The van der Waals surface area contributed by atoms with Gasteiger partial charge in [0.1, 0.15) is 6.10 Å². The Balaban J connectivity index is 1.54. The maximum absolute atomic E-state index is 12.2. The average Bonchev–Trinajstić information content (AvgIpc) is 2.97. The lowest BCUT2D eigenvalue weighted by molar-refractivity contribution is -0.131. The van der Waals surface area contributed by atoms with E-state index < -0.39 is 12.1 Å². The molecule has 4 heteroatoms. The summed E-state index contributed by atoms with van der Waals surface area (Å²) >= 11 is 0. The van der Waals surface area contributed by atoms with Crippen LogP contribution in [0.5, 0.6) is 0 Å². The highest BCUT2D eigenvalue weighted by atomic mass is 16.3. The second kappa shape index (κ2) is 6.94. The van der Waals surface area contributed by atoms with Crippen molar-refractivity contribution in [1.82, 2.24) is 5.32 Å². The van der Waals surface area contributed by atoms with Gasteiger partial charge in [0.25, 0.3) is 5.91 Å². The van der Waals surface area contributed by atoms with Crippen LogP contribution in [0.1, 0.15) is 16.7 Å². The van der Waals surface area contributed by atoms with Gasteiger partial charge < -0.3 is 16.2 Å². The molecular weight excluding hydrogens is 288 g/mol. The summed E-state index contributed by atoms with van der Waals surface area (Å²) in [5, 5.41) is 13.1. The number of hydrogen-bond acceptors (Lipinski definition) is 3. The third kappa shape index (κ3) is 3.78. The molecule has 1 aliphatic carbocycles. The van der Waals surface area contributed by atoms with Gasteiger partial charge in [-0.15, -0.1) is 0 Å². The fourth-order valence-electron chi connectivity index (χ4n) is 3.14. The molecule has 23 heavy (non-hydrogen) atoms. The summed E-state index contributed by atoms with van der Waals surface area (Å²) in [6, 6.07) is 17.3. The van der Waals surface area contributed by atoms with Gasteiger partial charge in [0.2, 0.25) is 0 Å². The lowest BCUT2D eigenvalue weighted by atomic mass is 10.0. The summed E-state index contributed by atoms with van der Waals surface area (Å²) in [6.45, 7) is 0. The normalized spacial score (nSPS) is 16.6. The first kappa shape index (κ1) is 15.7. The monoisotopic (exact) mass is 310 g/mol. The summed E-state index contributed by atoms with van der Waals surface area (Å²) in [4.78, 5) is 12.2. The van der Waals surface area contributed by atoms with Gasteiger partial charge in [0.15, 0.2) is 0 Å². The van der Waals surface area contributed by atoms with Crippen molar-refractivity contribution in [2.45, 2.75) is 37.5 Å². The molecule has 0 radical (unpaired) electrons. The van der Waals surface area contributed by atoms with Crippen molar-refractivity contribution in [3.8, 4) is 0 Å². The highest BCUT2D eigenvalue weighted by Gasteiger charge is 2.28. The standard InChI is InChI=1S/C19H22N2O2/c20-17(10-13-6-2-1-3-7-13)18(22)19(23)21-16-11-14-8-4-5-9-15(14)12-16/h1-9,16-18,22H,10-12,20H2,(H,21,23)/t17-,18?/m0/s1. The Morgan fingerprint density at radius 3 is 2.26 bits per heavy atom. The number of hydrogen-bond donors (Lipinski definition) is 3. The van der Waals surface area contributed by atoms with Crippen molar-refractivity contribution in [3.05, 3.63) is 71.3 Å². The van der Waals surface area contributed by atoms with E-state index in [2.05, 4.69) is 17.4 Å². The largest absolute Gasteiger partial charge is 0.382 e. The lowest BCUT2D eigenvalue weighted by Gasteiger charge is -2.21. The van der Waals surface area contributed by atoms with Gasteiger partial charge in [-0.1, -0.05) is 54.6 Å². The Bertz CT molecular complexity index is 647. The minimum Gasteiger partial charge on any atom is -0.382 e. The Morgan fingerprint density at radius 1 is 1.09 bits per heavy atom. The van der Waals surface area contributed by atoms with Crippen molar-refractivity contribution in [3.63, 3.8) is 0 Å². The SMILES string of the molecule is N[C@@H](Cc1ccccc1)C(O)C(=O)NC1Cc2ccccc2C1. The predicted molar refractivity (Wildman–Crippen MR) is 89.9 cm³/mol. The van der Waals surface area contributed by atoms with Crippen molar-refractivity contribution < 1.29 is 9.90 Å². The molecule has 0 spiro atoms. The van der Waals surface area contributed by atoms with Crippen LogP contribution in [0.3, 0.4) is 0 Å². The predicted octanol–water partition coefficient (Wildman–Crippen LogP) is 1.20. The fourth-order valence-corrected chi connectivity index (χ4v) is 3.14. The number of nitrogens with two attached hydrogens (primary N) is 1. The van der Waals surface area contributed by atoms with E-state index >= 15 is 0 Å². The van der Waals surface area contributed by atoms with Crippen molar-refractivity contribution in [1.29, 1.82) is 0 Å². The molecule has 0 fully saturated rings. The Hall–Kier alpha value is -2.17. The first-order chi connectivity index (χ1) is 11.1. The van der Waals surface area contributed by atoms with Gasteiger partial charge in [0, 0.05) is 12.1 Å². The van der Waals surface area contributed by atoms with E-state index in [0.717, 1.165) is 18.4 Å². The van der Waals surface area contributed by atoms with Gasteiger partial charge in [0.05, 0.1) is 0 Å². The zero-order chi connectivity index (χ0) is 16.2. The third-order valence-electron chi connectivity index (χ3n) is 4.39. The fraction of sp³-hybridized carbons (Fsp3) is 0.316. The quantitative estimate of drug-likeness (QED) is 0.777. The van der Waals surface area contributed by atoms with Crippen LogP contribution in [0.25, 0.3) is 0 Å². The molecule has 1 unspecified atom stereocenters. The van der Waals surface area contributed by atoms with Crippen LogP contribution in [-0.2, 0) is 24.1 Å². The van der Waals surface area contributed by atoms with Gasteiger partial charge in [-0.05, 0) is 36.0 Å². The number of aliphatic hydroxyl groups excluding tert-OH is 1. The Morgan fingerprint density at radius 2 is 1.65 bits per heavy atom. The maximum atomic E-state index is 12.2. The van der Waals surface area contributed by atoms with E-state index in [1.54, 1.807) is 0 Å². The first-order valence-corrected chi connectivity index (χ1v) is 7.98. The molecule has 0 saturated heterocycles. The number of carbonyl (C=O) groups excluding carboxylic acids is 1. The smallest absolute Gasteiger partial charge is 0.250 e. The van der Waals surface area contributed by atoms with Gasteiger partial charge >= 0.3 is 0 Å². The molecule has 1 aliphatic rings. The van der Waals surface area contributed by atoms with Crippen LogP contribution < -0.4 is 11.1 Å². The minimum absolute atomic E-state index is 0.0403. The van der Waals surface area contributed by atoms with E-state index in [1.807, 2.05) is 42.5 Å². The van der Waals surface area contributed by atoms with Crippen LogP contribution >= 0.6 is 0 Å². The van der Waals surface area contributed by atoms with Gasteiger partial charge in [-0.2, -0.15) is 0 Å². The molecule has 3 rings (SSSR count). The Kier molecular flexibility index (Phi) is 4.74. The molecule has 120 valence electrons. The molecule has 0 saturated carbocycles. The molecule has 1 amide bonds. The van der Waals surface area contributed by atoms with Crippen LogP contribution in [0.15, 0.2) is 54.6 Å². The van der Waals surface area contributed by atoms with Crippen LogP contribution in [0.4, 0.5) is 0 Å². The summed E-state index contributed by atoms with van der Waals surface area (Å²) < 4.78 is 0. The van der Waals surface area contributed by atoms with E-state index in [0.29, 0.717) is 6.42 Å². The number of carbonyl (C=O) groups is 1. The van der Waals surface area contributed by atoms with E-state index in [1.165, 1.54) is 11.1 Å². The first-order valence-electron chi connectivity index (χ1n) is 7.98. The average molecular weight is 310 g/mol. The minimum atomic E-state index is -1.20. The van der Waals surface area contributed by atoms with Gasteiger partial charge in [-0.3, -0.25) is 4.79 Å². The highest BCUT2D eigenvalue weighted by Crippen LogP contribution is 2.21. The topological polar surface area (TPSA) is 75.3 Å². The van der Waals surface area contributed by atoms with Crippen LogP contribution in [-0.4, -0.2) is 29.2 Å². The zero-order valence-electron chi connectivity index (χ0n) is 13.0. The molecule has 0 heterocycles. The summed E-state index contributed by atoms with van der Waals surface area (Å²) in [5.74, 6) is -0.383. The van der Waals surface area contributed by atoms with E-state index in [9.17, 15) is 9.90 Å². The van der Waals surface area contributed by atoms with Crippen LogP contribution in [0, 0.1) is 0 Å². The number of nitrogens with one attached hydrogen (secondary N) is 1. The van der Waals surface area contributed by atoms with Crippen molar-refractivity contribution in [2.24, 2.45) is 5.73 Å². The van der Waals surface area contributed by atoms with E-state index in [-0.39, 0.29) is 11.9 Å². The molecule has 0 aromatic heterocycles. The number of aliphatic hydroxyl groups is 1. The molecule has 0 bridgehead atoms. The highest BCUT2D eigenvalue weighted by molar-refractivity contribution is 5.81. The van der Waals surface area contributed by atoms with Crippen molar-refractivity contribution >= 4 is 5.91 Å². The Labute approximate surface area is 136 Å². The molecule has 0 aliphatic heterocycles. The summed E-state index contributed by atoms with van der Waals surface area (Å²) in [7, 11) is 0. The lowest BCUT2D eigenvalue weighted by Crippen LogP contribution is -2.50. The summed E-state index contributed by atoms with van der Waals surface area (Å²) in [5.41, 5.74) is 9.54. The number of amides is 1. The third-order valence-corrected chi connectivity index (χ3v) is 4.39. The number of benzene rings is 2. The molecule has 2 aromatic carbocycles. The summed E-state index contributed by atoms with van der Waals surface area (Å²) in [6.07, 6.45) is 0.893. The molecular formula is C19H22N2O2. The zero-order valence-corrected chi connectivity index (χ0v) is 13.0. The van der Waals surface area contributed by atoms with Crippen molar-refractivity contribution in [2.75, 3.05) is 0 Å². The maximum Gasteiger partial charge on any atom is 0.250 e. The van der Waals surface area contributed by atoms with Crippen LogP contribution in [0.2, 0.25) is 0 Å². The van der Waals surface area contributed by atoms with Gasteiger partial charge in [-0.25, -0.2) is 0 Å². The molecule has 4 N–H and O–H groups in total. The van der Waals surface area contributed by atoms with E-state index in [4.69, 9.17) is 5.73 Å². The second-order valence-corrected chi connectivity index (χ2v) is 6.18. The number of fused-ring (bicyclic) bond motifs is 1. The number of rotatable bonds is 5. The molecule has 2 aromatic rings. The molecule has 4 nitrogen and oxygen atoms in total.